The van der Waals surface area contributed by atoms with E-state index in [0.717, 1.165) is 38.5 Å². The van der Waals surface area contributed by atoms with Gasteiger partial charge in [0.25, 0.3) is 0 Å². The van der Waals surface area contributed by atoms with Gasteiger partial charge in [0.2, 0.25) is 0 Å². The molecule has 0 atom stereocenters. The number of carboxylic acid groups (broad SMARTS) is 1. The van der Waals surface area contributed by atoms with Crippen molar-refractivity contribution in [3.63, 3.8) is 0 Å². The molecule has 0 aromatic rings. The van der Waals surface area contributed by atoms with E-state index in [-0.39, 0.29) is 0 Å². The zero-order valence-corrected chi connectivity index (χ0v) is 12.6. The normalized spacial score (nSPS) is 23.1. The van der Waals surface area contributed by atoms with Crippen LogP contribution in [0.3, 0.4) is 0 Å². The van der Waals surface area contributed by atoms with Crippen LogP contribution in [-0.4, -0.2) is 28.3 Å². The van der Waals surface area contributed by atoms with Crippen LogP contribution in [-0.2, 0) is 9.53 Å². The number of nitrogens with one attached hydrogen (secondary N) is 1. The highest BCUT2D eigenvalue weighted by Gasteiger charge is 2.55. The van der Waals surface area contributed by atoms with Crippen LogP contribution < -0.4 is 5.32 Å². The SMILES string of the molecule is CC(C)(C)OC(=O)NC1(CC2(C(=O)O)CC2)CCCC1. The minimum Gasteiger partial charge on any atom is -0.481 e. The van der Waals surface area contributed by atoms with Crippen molar-refractivity contribution in [3.05, 3.63) is 0 Å². The Kier molecular flexibility index (Phi) is 3.73. The molecule has 114 valence electrons. The number of amides is 1. The Hall–Kier alpha value is -1.26. The highest BCUT2D eigenvalue weighted by Crippen LogP contribution is 2.54. The third kappa shape index (κ3) is 3.44. The molecule has 2 saturated carbocycles. The molecule has 0 spiro atoms. The molecule has 2 aliphatic carbocycles. The highest BCUT2D eigenvalue weighted by molar-refractivity contribution is 5.78. The summed E-state index contributed by atoms with van der Waals surface area (Å²) < 4.78 is 5.32. The lowest BCUT2D eigenvalue weighted by Crippen LogP contribution is -2.50. The Bertz CT molecular complexity index is 401. The molecule has 2 aliphatic rings. The maximum Gasteiger partial charge on any atom is 0.408 e. The third-order valence-electron chi connectivity index (χ3n) is 4.31. The molecule has 0 unspecified atom stereocenters. The van der Waals surface area contributed by atoms with E-state index in [4.69, 9.17) is 4.74 Å². The number of carbonyl (C=O) groups is 2. The molecular formula is C15H25NO4. The zero-order chi connectivity index (χ0) is 15.0. The Labute approximate surface area is 120 Å². The van der Waals surface area contributed by atoms with Crippen molar-refractivity contribution in [1.82, 2.24) is 5.32 Å². The standard InChI is InChI=1S/C15H25NO4/c1-13(2,3)20-12(19)16-15(6-4-5-7-15)10-14(8-9-14)11(17)18/h4-10H2,1-3H3,(H,16,19)(H,17,18). The van der Waals surface area contributed by atoms with E-state index >= 15 is 0 Å². The van der Waals surface area contributed by atoms with E-state index in [9.17, 15) is 14.7 Å². The van der Waals surface area contributed by atoms with E-state index in [2.05, 4.69) is 5.32 Å². The van der Waals surface area contributed by atoms with Crippen molar-refractivity contribution in [2.45, 2.75) is 76.9 Å². The third-order valence-corrected chi connectivity index (χ3v) is 4.31. The first kappa shape index (κ1) is 15.1. The average Bonchev–Trinajstić information content (AvgIpc) is 2.90. The predicted molar refractivity (Wildman–Crippen MR) is 74.5 cm³/mol. The summed E-state index contributed by atoms with van der Waals surface area (Å²) >= 11 is 0. The number of rotatable bonds is 4. The van der Waals surface area contributed by atoms with Gasteiger partial charge in [0.15, 0.2) is 0 Å². The fraction of sp³-hybridized carbons (Fsp3) is 0.867. The molecule has 0 aromatic heterocycles. The second kappa shape index (κ2) is 4.93. The number of carboxylic acids is 1. The number of hydrogen-bond donors (Lipinski definition) is 2. The minimum atomic E-state index is -0.727. The van der Waals surface area contributed by atoms with Gasteiger partial charge in [-0.25, -0.2) is 4.79 Å². The van der Waals surface area contributed by atoms with Gasteiger partial charge in [0.1, 0.15) is 5.60 Å². The molecule has 0 saturated heterocycles. The van der Waals surface area contributed by atoms with Crippen molar-refractivity contribution in [2.24, 2.45) is 5.41 Å². The summed E-state index contributed by atoms with van der Waals surface area (Å²) in [5.41, 5.74) is -1.54. The van der Waals surface area contributed by atoms with Crippen LogP contribution in [0, 0.1) is 5.41 Å². The Morgan fingerprint density at radius 1 is 1.15 bits per heavy atom. The second-order valence-corrected chi connectivity index (χ2v) is 7.38. The molecule has 20 heavy (non-hydrogen) atoms. The highest BCUT2D eigenvalue weighted by atomic mass is 16.6. The number of aliphatic carboxylic acids is 1. The molecule has 5 heteroatoms. The molecular weight excluding hydrogens is 258 g/mol. The monoisotopic (exact) mass is 283 g/mol. The van der Waals surface area contributed by atoms with Gasteiger partial charge in [0.05, 0.1) is 5.41 Å². The van der Waals surface area contributed by atoms with E-state index in [1.165, 1.54) is 0 Å². The maximum absolute atomic E-state index is 12.0. The van der Waals surface area contributed by atoms with Gasteiger partial charge in [-0.3, -0.25) is 4.79 Å². The lowest BCUT2D eigenvalue weighted by Gasteiger charge is -2.34. The first-order valence-electron chi connectivity index (χ1n) is 7.41. The van der Waals surface area contributed by atoms with Gasteiger partial charge < -0.3 is 15.2 Å². The van der Waals surface area contributed by atoms with Crippen LogP contribution in [0.5, 0.6) is 0 Å². The molecule has 0 aromatic carbocycles. The smallest absolute Gasteiger partial charge is 0.408 e. The van der Waals surface area contributed by atoms with Gasteiger partial charge in [-0.2, -0.15) is 0 Å². The summed E-state index contributed by atoms with van der Waals surface area (Å²) in [5.74, 6) is -0.727. The fourth-order valence-electron chi connectivity index (χ4n) is 3.18. The van der Waals surface area contributed by atoms with Crippen LogP contribution in [0.15, 0.2) is 0 Å². The summed E-state index contributed by atoms with van der Waals surface area (Å²) in [6, 6.07) is 0. The van der Waals surface area contributed by atoms with E-state index in [1.54, 1.807) is 0 Å². The summed E-state index contributed by atoms with van der Waals surface area (Å²) in [7, 11) is 0. The maximum atomic E-state index is 12.0. The fourth-order valence-corrected chi connectivity index (χ4v) is 3.18. The molecule has 0 heterocycles. The van der Waals surface area contributed by atoms with Crippen molar-refractivity contribution in [1.29, 1.82) is 0 Å². The van der Waals surface area contributed by atoms with Crippen molar-refractivity contribution >= 4 is 12.1 Å². The van der Waals surface area contributed by atoms with Crippen LogP contribution >= 0.6 is 0 Å². The summed E-state index contributed by atoms with van der Waals surface area (Å²) in [4.78, 5) is 23.4. The van der Waals surface area contributed by atoms with Crippen LogP contribution in [0.4, 0.5) is 4.79 Å². The molecule has 5 nitrogen and oxygen atoms in total. The minimum absolute atomic E-state index is 0.392. The van der Waals surface area contributed by atoms with Gasteiger partial charge in [-0.1, -0.05) is 12.8 Å². The summed E-state index contributed by atoms with van der Waals surface area (Å²) in [6.45, 7) is 5.48. The largest absolute Gasteiger partial charge is 0.481 e. The Morgan fingerprint density at radius 2 is 1.70 bits per heavy atom. The van der Waals surface area contributed by atoms with Gasteiger partial charge >= 0.3 is 12.1 Å². The van der Waals surface area contributed by atoms with Gasteiger partial charge in [-0.15, -0.1) is 0 Å². The summed E-state index contributed by atoms with van der Waals surface area (Å²) in [6.07, 6.45) is 5.31. The molecule has 0 radical (unpaired) electrons. The lowest BCUT2D eigenvalue weighted by molar-refractivity contribution is -0.144. The molecule has 1 amide bonds. The van der Waals surface area contributed by atoms with Crippen LogP contribution in [0.25, 0.3) is 0 Å². The van der Waals surface area contributed by atoms with E-state index < -0.39 is 28.6 Å². The first-order chi connectivity index (χ1) is 9.17. The van der Waals surface area contributed by atoms with Crippen molar-refractivity contribution < 1.29 is 19.4 Å². The number of carbonyl (C=O) groups excluding carboxylic acids is 1. The number of ether oxygens (including phenoxy) is 1. The van der Waals surface area contributed by atoms with Crippen LogP contribution in [0.2, 0.25) is 0 Å². The Morgan fingerprint density at radius 3 is 2.10 bits per heavy atom. The predicted octanol–water partition coefficient (Wildman–Crippen LogP) is 3.08. The Balaban J connectivity index is 2.03. The van der Waals surface area contributed by atoms with Gasteiger partial charge in [-0.05, 0) is 52.9 Å². The van der Waals surface area contributed by atoms with Crippen molar-refractivity contribution in [2.75, 3.05) is 0 Å². The quantitative estimate of drug-likeness (QED) is 0.831. The second-order valence-electron chi connectivity index (χ2n) is 7.38. The van der Waals surface area contributed by atoms with Gasteiger partial charge in [0, 0.05) is 5.54 Å². The number of hydrogen-bond acceptors (Lipinski definition) is 3. The van der Waals surface area contributed by atoms with Crippen molar-refractivity contribution in [3.8, 4) is 0 Å². The summed E-state index contributed by atoms with van der Waals surface area (Å²) in [5, 5.41) is 12.3. The first-order valence-corrected chi connectivity index (χ1v) is 7.41. The van der Waals surface area contributed by atoms with E-state index in [0.29, 0.717) is 6.42 Å². The lowest BCUT2D eigenvalue weighted by atomic mass is 9.84. The zero-order valence-electron chi connectivity index (χ0n) is 12.6. The van der Waals surface area contributed by atoms with Crippen LogP contribution in [0.1, 0.15) is 65.7 Å². The topological polar surface area (TPSA) is 75.6 Å². The molecule has 2 fully saturated rings. The number of alkyl carbamates (subject to hydrolysis) is 1. The molecule has 0 bridgehead atoms. The molecule has 0 aliphatic heterocycles. The average molecular weight is 283 g/mol. The molecule has 2 rings (SSSR count). The van der Waals surface area contributed by atoms with E-state index in [1.807, 2.05) is 20.8 Å². The molecule has 2 N–H and O–H groups in total.